The van der Waals surface area contributed by atoms with Crippen LogP contribution in [0.5, 0.6) is 0 Å². The van der Waals surface area contributed by atoms with Gasteiger partial charge >= 0.3 is 0 Å². The van der Waals surface area contributed by atoms with Crippen LogP contribution in [0.15, 0.2) is 133 Å². The van der Waals surface area contributed by atoms with Gasteiger partial charge in [0, 0.05) is 66.8 Å². The zero-order valence-corrected chi connectivity index (χ0v) is 67.8. The van der Waals surface area contributed by atoms with Gasteiger partial charge < -0.3 is 0 Å². The second-order valence-electron chi connectivity index (χ2n) is 30.4. The van der Waals surface area contributed by atoms with Gasteiger partial charge in [0.15, 0.2) is 0 Å². The second kappa shape index (κ2) is 52.8. The molecule has 7 aromatic rings. The van der Waals surface area contributed by atoms with Gasteiger partial charge in [0.1, 0.15) is 0 Å². The molecular formula is C106H134. The zero-order chi connectivity index (χ0) is 74.7. The molecule has 0 amide bonds. The van der Waals surface area contributed by atoms with Crippen LogP contribution in [0.4, 0.5) is 0 Å². The summed E-state index contributed by atoms with van der Waals surface area (Å²) >= 11 is 0. The predicted octanol–water partition coefficient (Wildman–Crippen LogP) is 28.6. The van der Waals surface area contributed by atoms with Crippen molar-refractivity contribution in [2.24, 2.45) is 0 Å². The molecule has 0 radical (unpaired) electrons. The smallest absolute Gasteiger partial charge is 0.0284 e. The lowest BCUT2D eigenvalue weighted by Crippen LogP contribution is -2.01. The highest BCUT2D eigenvalue weighted by molar-refractivity contribution is 5.61. The fourth-order valence-corrected chi connectivity index (χ4v) is 14.3. The Morgan fingerprint density at radius 3 is 0.491 bits per heavy atom. The molecule has 0 aliphatic heterocycles. The van der Waals surface area contributed by atoms with E-state index in [0.29, 0.717) is 0 Å². The number of benzene rings is 7. The van der Waals surface area contributed by atoms with E-state index in [1.807, 2.05) is 0 Å². The molecule has 0 fully saturated rings. The largest absolute Gasteiger partial charge is 0.0654 e. The third-order valence-electron chi connectivity index (χ3n) is 21.1. The molecule has 0 heteroatoms. The normalized spacial score (nSPS) is 10.7. The summed E-state index contributed by atoms with van der Waals surface area (Å²) in [6.07, 6.45) is 53.1. The van der Waals surface area contributed by atoms with Crippen LogP contribution in [-0.2, 0) is 51.4 Å². The van der Waals surface area contributed by atoms with Crippen molar-refractivity contribution in [2.45, 2.75) is 338 Å². The van der Waals surface area contributed by atoms with E-state index in [4.69, 9.17) is 0 Å². The topological polar surface area (TPSA) is 0 Å². The number of aryl methyl sites for hydroxylation is 8. The molecule has 0 aliphatic rings. The van der Waals surface area contributed by atoms with Crippen LogP contribution in [0, 0.1) is 71.0 Å². The molecule has 558 valence electrons. The SMILES string of the molecule is CCCCCCCCc1ccc(C#Cc2ccc(C#Cc3cc(CCCCCC)c(C#Cc4cc(CCCCCC)c(C#Cc5cc(CCCCCC)c(C#Cc6ccc(C#Cc7ccc(CCCCCCCC)cc7)cc6)cc5CCCCCC)cc4CCCCCC)cc3CCCCCC)cc2)cc1. The first-order chi connectivity index (χ1) is 52.3. The van der Waals surface area contributed by atoms with Crippen LogP contribution < -0.4 is 0 Å². The van der Waals surface area contributed by atoms with Crippen LogP contribution in [-0.4, -0.2) is 0 Å². The van der Waals surface area contributed by atoms with Gasteiger partial charge in [-0.15, -0.1) is 0 Å². The summed E-state index contributed by atoms with van der Waals surface area (Å²) in [4.78, 5) is 0. The Hall–Kier alpha value is -8.10. The summed E-state index contributed by atoms with van der Waals surface area (Å²) in [5, 5.41) is 0. The lowest BCUT2D eigenvalue weighted by Gasteiger charge is -2.14. The third kappa shape index (κ3) is 33.0. The maximum Gasteiger partial charge on any atom is 0.0284 e. The van der Waals surface area contributed by atoms with Gasteiger partial charge in [-0.1, -0.05) is 330 Å². The molecule has 7 rings (SSSR count). The number of rotatable bonds is 44. The van der Waals surface area contributed by atoms with E-state index in [2.05, 4.69) is 260 Å². The van der Waals surface area contributed by atoms with Gasteiger partial charge in [-0.05, 0) is 256 Å². The molecule has 0 bridgehead atoms. The Balaban J connectivity index is 1.22. The quantitative estimate of drug-likeness (QED) is 0.0264. The second-order valence-corrected chi connectivity index (χ2v) is 30.4. The first-order valence-corrected chi connectivity index (χ1v) is 43.2. The summed E-state index contributed by atoms with van der Waals surface area (Å²) in [5.74, 6) is 44.2. The van der Waals surface area contributed by atoms with E-state index >= 15 is 0 Å². The van der Waals surface area contributed by atoms with E-state index < -0.39 is 0 Å². The average molecular weight is 1410 g/mol. The maximum absolute atomic E-state index is 3.95. The van der Waals surface area contributed by atoms with Crippen molar-refractivity contribution in [3.8, 4) is 71.0 Å². The van der Waals surface area contributed by atoms with Crippen LogP contribution in [0.25, 0.3) is 0 Å². The van der Waals surface area contributed by atoms with E-state index in [0.717, 1.165) is 134 Å². The Bertz CT molecular complexity index is 3780. The maximum atomic E-state index is 3.95. The van der Waals surface area contributed by atoms with Crippen molar-refractivity contribution >= 4 is 0 Å². The highest BCUT2D eigenvalue weighted by atomic mass is 14.2. The Kier molecular flexibility index (Phi) is 42.4. The first kappa shape index (κ1) is 85.2. The molecule has 0 unspecified atom stereocenters. The zero-order valence-electron chi connectivity index (χ0n) is 67.8. The number of hydrogen-bond acceptors (Lipinski definition) is 0. The molecule has 0 heterocycles. The fraction of sp³-hybridized carbons (Fsp3) is 0.491. The van der Waals surface area contributed by atoms with Gasteiger partial charge in [-0.25, -0.2) is 0 Å². The van der Waals surface area contributed by atoms with Crippen molar-refractivity contribution in [3.63, 3.8) is 0 Å². The summed E-state index contributed by atoms with van der Waals surface area (Å²) in [6, 6.07) is 49.6. The van der Waals surface area contributed by atoms with E-state index in [9.17, 15) is 0 Å². The first-order valence-electron chi connectivity index (χ1n) is 43.2. The monoisotopic (exact) mass is 1410 g/mol. The van der Waals surface area contributed by atoms with Crippen molar-refractivity contribution in [3.05, 3.63) is 245 Å². The molecule has 0 spiro atoms. The molecule has 0 atom stereocenters. The predicted molar refractivity (Wildman–Crippen MR) is 462 cm³/mol. The highest BCUT2D eigenvalue weighted by Crippen LogP contribution is 2.28. The lowest BCUT2D eigenvalue weighted by molar-refractivity contribution is 0.607. The molecule has 0 nitrogen and oxygen atoms in total. The van der Waals surface area contributed by atoms with Crippen LogP contribution in [0.2, 0.25) is 0 Å². The minimum absolute atomic E-state index is 0.999. The summed E-state index contributed by atoms with van der Waals surface area (Å²) in [7, 11) is 0. The molecular weight excluding hydrogens is 1270 g/mol. The fourth-order valence-electron chi connectivity index (χ4n) is 14.3. The van der Waals surface area contributed by atoms with Gasteiger partial charge in [0.05, 0.1) is 0 Å². The van der Waals surface area contributed by atoms with Gasteiger partial charge in [0.25, 0.3) is 0 Å². The van der Waals surface area contributed by atoms with Gasteiger partial charge in [-0.2, -0.15) is 0 Å². The van der Waals surface area contributed by atoms with Crippen molar-refractivity contribution in [2.75, 3.05) is 0 Å². The molecule has 0 N–H and O–H groups in total. The number of unbranched alkanes of at least 4 members (excludes halogenated alkanes) is 28. The van der Waals surface area contributed by atoms with Crippen LogP contribution >= 0.6 is 0 Å². The summed E-state index contributed by atoms with van der Waals surface area (Å²) in [5.41, 5.74) is 24.0. The summed E-state index contributed by atoms with van der Waals surface area (Å²) in [6.45, 7) is 18.4. The molecule has 106 heavy (non-hydrogen) atoms. The van der Waals surface area contributed by atoms with E-state index in [-0.39, 0.29) is 0 Å². The minimum Gasteiger partial charge on any atom is -0.0654 e. The van der Waals surface area contributed by atoms with Crippen LogP contribution in [0.1, 0.15) is 398 Å². The minimum atomic E-state index is 0.999. The van der Waals surface area contributed by atoms with Crippen molar-refractivity contribution in [1.29, 1.82) is 0 Å². The molecule has 7 aromatic carbocycles. The van der Waals surface area contributed by atoms with E-state index in [1.54, 1.807) is 0 Å². The molecule has 0 aromatic heterocycles. The van der Waals surface area contributed by atoms with Gasteiger partial charge in [0.2, 0.25) is 0 Å². The standard InChI is InChI=1S/C106H134/c1-9-17-25-33-35-37-45-87-53-57-89(58-54-87)61-63-91-65-69-93(70-66-91)73-75-101-81-97(49-41-29-21-13-5)103(83-95(101)47-39-27-19-11-3)77-79-105-85-100(52-44-32-24-16-8)106(86-99(105)51-43-31-23-15-7)80-78-104-84-96(48-40-28-20-12-4)102(82-98(104)50-42-30-22-14-6)76-74-94-71-67-92(68-72-94)64-62-90-59-55-88(56-60-90)46-38-36-34-26-18-10-2/h53-60,65-72,81-86H,9-52H2,1-8H3. The van der Waals surface area contributed by atoms with E-state index in [1.165, 1.54) is 259 Å². The molecule has 0 saturated heterocycles. The Labute approximate surface area is 649 Å². The lowest BCUT2D eigenvalue weighted by atomic mass is 9.90. The summed E-state index contributed by atoms with van der Waals surface area (Å²) < 4.78 is 0. The average Bonchev–Trinajstić information content (AvgIpc) is 0.815. The van der Waals surface area contributed by atoms with Crippen molar-refractivity contribution < 1.29 is 0 Å². The molecule has 0 saturated carbocycles. The Morgan fingerprint density at radius 2 is 0.292 bits per heavy atom. The highest BCUT2D eigenvalue weighted by Gasteiger charge is 2.15. The molecule has 0 aliphatic carbocycles. The van der Waals surface area contributed by atoms with Crippen LogP contribution in [0.3, 0.4) is 0 Å². The van der Waals surface area contributed by atoms with Crippen molar-refractivity contribution in [1.82, 2.24) is 0 Å². The third-order valence-corrected chi connectivity index (χ3v) is 21.1. The van der Waals surface area contributed by atoms with Gasteiger partial charge in [-0.3, -0.25) is 0 Å². The number of hydrogen-bond donors (Lipinski definition) is 0. The Morgan fingerprint density at radius 1 is 0.151 bits per heavy atom.